The van der Waals surface area contributed by atoms with Crippen molar-refractivity contribution in [2.75, 3.05) is 0 Å². The molecule has 2 aromatic heterocycles. The lowest BCUT2D eigenvalue weighted by molar-refractivity contribution is 0.156. The zero-order valence-corrected chi connectivity index (χ0v) is 27.0. The first-order valence-electron chi connectivity index (χ1n) is 16.7. The zero-order chi connectivity index (χ0) is 33.6. The van der Waals surface area contributed by atoms with E-state index in [1.165, 1.54) is 0 Å². The number of rotatable bonds is 3. The first-order chi connectivity index (χ1) is 24.5. The monoisotopic (exact) mass is 641 g/mol. The molecule has 0 fully saturated rings. The highest BCUT2D eigenvalue weighted by Gasteiger charge is 2.45. The maximum atomic E-state index is 10.5. The molecule has 5 nitrogen and oxygen atoms in total. The van der Waals surface area contributed by atoms with Gasteiger partial charge in [0, 0.05) is 32.7 Å². The standard InChI is InChI=1S/C45H27N3O2/c1-45-22-21-29(28-15-13-27(25-46)14-16-28)24-36(45)43-41(50-45)20-19-40-42(43)35-23-30(17-18-39(35)49-40)32-10-6-7-31(26-47)44(32)48-37-11-4-2-8-33(37)34-9-3-5-12-38(34)48/h2-24,36H,1H3. The Kier molecular flexibility index (Phi) is 5.83. The van der Waals surface area contributed by atoms with Crippen LogP contribution in [0.1, 0.15) is 35.1 Å². The first-order valence-corrected chi connectivity index (χ1v) is 16.7. The van der Waals surface area contributed by atoms with Crippen molar-refractivity contribution in [3.63, 3.8) is 0 Å². The molecule has 2 aliphatic rings. The lowest BCUT2D eigenvalue weighted by Crippen LogP contribution is -2.32. The van der Waals surface area contributed by atoms with Crippen LogP contribution in [-0.2, 0) is 0 Å². The van der Waals surface area contributed by atoms with Crippen molar-refractivity contribution in [3.05, 3.63) is 162 Å². The second kappa shape index (κ2) is 10.3. The third-order valence-electron chi connectivity index (χ3n) is 10.5. The third kappa shape index (κ3) is 3.92. The largest absolute Gasteiger partial charge is 0.482 e. The van der Waals surface area contributed by atoms with Gasteiger partial charge in [-0.2, -0.15) is 10.5 Å². The summed E-state index contributed by atoms with van der Waals surface area (Å²) in [7, 11) is 0. The number of para-hydroxylation sites is 3. The van der Waals surface area contributed by atoms with E-state index in [0.717, 1.165) is 83.0 Å². The van der Waals surface area contributed by atoms with Crippen LogP contribution < -0.4 is 4.74 Å². The maximum Gasteiger partial charge on any atom is 0.135 e. The number of ether oxygens (including phenoxy) is 1. The molecule has 0 amide bonds. The molecular formula is C45H27N3O2. The highest BCUT2D eigenvalue weighted by molar-refractivity contribution is 6.12. The molecule has 3 heterocycles. The van der Waals surface area contributed by atoms with Gasteiger partial charge in [-0.05, 0) is 84.3 Å². The molecule has 0 N–H and O–H groups in total. The van der Waals surface area contributed by atoms with Crippen LogP contribution in [0.2, 0.25) is 0 Å². The van der Waals surface area contributed by atoms with Crippen LogP contribution in [0.25, 0.3) is 66.1 Å². The van der Waals surface area contributed by atoms with E-state index < -0.39 is 5.60 Å². The Bertz CT molecular complexity index is 2840. The summed E-state index contributed by atoms with van der Waals surface area (Å²) in [5.74, 6) is 0.786. The van der Waals surface area contributed by atoms with Crippen LogP contribution >= 0.6 is 0 Å². The summed E-state index contributed by atoms with van der Waals surface area (Å²) in [5.41, 5.74) is 10.4. The van der Waals surface area contributed by atoms with E-state index in [0.29, 0.717) is 11.1 Å². The summed E-state index contributed by atoms with van der Waals surface area (Å²) < 4.78 is 15.4. The van der Waals surface area contributed by atoms with Crippen LogP contribution in [0.4, 0.5) is 0 Å². The molecule has 1 aliphatic heterocycles. The van der Waals surface area contributed by atoms with Gasteiger partial charge >= 0.3 is 0 Å². The molecule has 0 radical (unpaired) electrons. The van der Waals surface area contributed by atoms with Gasteiger partial charge in [0.25, 0.3) is 0 Å². The summed E-state index contributed by atoms with van der Waals surface area (Å²) >= 11 is 0. The van der Waals surface area contributed by atoms with Crippen LogP contribution in [0, 0.1) is 22.7 Å². The molecule has 0 bridgehead atoms. The van der Waals surface area contributed by atoms with Gasteiger partial charge in [-0.25, -0.2) is 0 Å². The number of hydrogen-bond donors (Lipinski definition) is 0. The minimum atomic E-state index is -0.557. The van der Waals surface area contributed by atoms with E-state index in [-0.39, 0.29) is 5.92 Å². The van der Waals surface area contributed by atoms with Crippen molar-refractivity contribution < 1.29 is 9.15 Å². The second-order valence-electron chi connectivity index (χ2n) is 13.3. The fraction of sp³-hybridized carbons (Fsp3) is 0.0667. The smallest absolute Gasteiger partial charge is 0.135 e. The predicted molar refractivity (Wildman–Crippen MR) is 198 cm³/mol. The van der Waals surface area contributed by atoms with Gasteiger partial charge in [-0.1, -0.05) is 78.9 Å². The van der Waals surface area contributed by atoms with Gasteiger partial charge in [0.1, 0.15) is 28.6 Å². The van der Waals surface area contributed by atoms with Crippen molar-refractivity contribution in [2.24, 2.45) is 0 Å². The average Bonchev–Trinajstić information content (AvgIpc) is 3.80. The summed E-state index contributed by atoms with van der Waals surface area (Å²) in [6, 6.07) is 45.5. The molecule has 1 aliphatic carbocycles. The molecule has 0 saturated heterocycles. The Morgan fingerprint density at radius 1 is 0.700 bits per heavy atom. The highest BCUT2D eigenvalue weighted by atomic mass is 16.5. The maximum absolute atomic E-state index is 10.5. The minimum absolute atomic E-state index is 0.0589. The Labute approximate surface area is 287 Å². The number of benzene rings is 6. The molecule has 0 saturated carbocycles. The Morgan fingerprint density at radius 2 is 1.42 bits per heavy atom. The van der Waals surface area contributed by atoms with Crippen LogP contribution in [0.3, 0.4) is 0 Å². The fourth-order valence-corrected chi connectivity index (χ4v) is 8.11. The molecule has 234 valence electrons. The van der Waals surface area contributed by atoms with Crippen molar-refractivity contribution in [3.8, 4) is 34.7 Å². The summed E-state index contributed by atoms with van der Waals surface area (Å²) in [5, 5.41) is 24.1. The van der Waals surface area contributed by atoms with E-state index in [2.05, 4.69) is 96.5 Å². The summed E-state index contributed by atoms with van der Waals surface area (Å²) in [4.78, 5) is 0. The van der Waals surface area contributed by atoms with E-state index in [9.17, 15) is 10.5 Å². The van der Waals surface area contributed by atoms with E-state index in [1.807, 2.05) is 66.7 Å². The number of nitriles is 2. The molecule has 2 atom stereocenters. The predicted octanol–water partition coefficient (Wildman–Crippen LogP) is 11.0. The quantitative estimate of drug-likeness (QED) is 0.192. The van der Waals surface area contributed by atoms with Crippen LogP contribution in [-0.4, -0.2) is 10.2 Å². The van der Waals surface area contributed by atoms with Gasteiger partial charge in [-0.15, -0.1) is 0 Å². The highest BCUT2D eigenvalue weighted by Crippen LogP contribution is 2.54. The Hall–Kier alpha value is -6.82. The lowest BCUT2D eigenvalue weighted by atomic mass is 9.78. The molecular weight excluding hydrogens is 615 g/mol. The number of allylic oxidation sites excluding steroid dienone is 2. The number of nitrogens with zero attached hydrogens (tertiary/aromatic N) is 3. The number of aromatic nitrogens is 1. The molecule has 5 heteroatoms. The van der Waals surface area contributed by atoms with Gasteiger partial charge in [0.15, 0.2) is 0 Å². The summed E-state index contributed by atoms with van der Waals surface area (Å²) in [6.45, 7) is 2.13. The fourth-order valence-electron chi connectivity index (χ4n) is 8.11. The van der Waals surface area contributed by atoms with Crippen LogP contribution in [0.15, 0.2) is 144 Å². The number of fused-ring (bicyclic) bond motifs is 10. The zero-order valence-electron chi connectivity index (χ0n) is 27.0. The van der Waals surface area contributed by atoms with Crippen LogP contribution in [0.5, 0.6) is 5.75 Å². The van der Waals surface area contributed by atoms with Crippen molar-refractivity contribution in [1.82, 2.24) is 4.57 Å². The Morgan fingerprint density at radius 3 is 2.16 bits per heavy atom. The number of furan rings is 1. The van der Waals surface area contributed by atoms with Crippen molar-refractivity contribution >= 4 is 49.3 Å². The molecule has 2 unspecified atom stereocenters. The molecule has 50 heavy (non-hydrogen) atoms. The van der Waals surface area contributed by atoms with Gasteiger partial charge < -0.3 is 13.7 Å². The lowest BCUT2D eigenvalue weighted by Gasteiger charge is -2.29. The topological polar surface area (TPSA) is 74.9 Å². The molecule has 6 aromatic carbocycles. The summed E-state index contributed by atoms with van der Waals surface area (Å²) in [6.07, 6.45) is 6.55. The molecule has 0 spiro atoms. The van der Waals surface area contributed by atoms with Gasteiger partial charge in [0.05, 0.1) is 39.8 Å². The third-order valence-corrected chi connectivity index (χ3v) is 10.5. The molecule has 10 rings (SSSR count). The molecule has 8 aromatic rings. The second-order valence-corrected chi connectivity index (χ2v) is 13.3. The van der Waals surface area contributed by atoms with E-state index in [4.69, 9.17) is 9.15 Å². The van der Waals surface area contributed by atoms with Gasteiger partial charge in [0.2, 0.25) is 0 Å². The van der Waals surface area contributed by atoms with Crippen molar-refractivity contribution in [1.29, 1.82) is 10.5 Å². The number of hydrogen-bond acceptors (Lipinski definition) is 4. The SMILES string of the molecule is CC12C=CC(c3ccc(C#N)cc3)=CC1c1c(ccc3oc4ccc(-c5cccc(C#N)c5-n5c6ccccc6c6ccccc65)cc4c13)O2. The van der Waals surface area contributed by atoms with E-state index in [1.54, 1.807) is 0 Å². The Balaban J connectivity index is 1.20. The average molecular weight is 642 g/mol. The van der Waals surface area contributed by atoms with E-state index >= 15 is 0 Å². The van der Waals surface area contributed by atoms with Gasteiger partial charge in [-0.3, -0.25) is 0 Å². The first kappa shape index (κ1) is 28.2. The minimum Gasteiger partial charge on any atom is -0.482 e. The normalized spacial score (nSPS) is 17.7. The van der Waals surface area contributed by atoms with Crippen molar-refractivity contribution in [2.45, 2.75) is 18.4 Å².